The van der Waals surface area contributed by atoms with Gasteiger partial charge in [0.25, 0.3) is 0 Å². The van der Waals surface area contributed by atoms with Gasteiger partial charge in [-0.25, -0.2) is 0 Å². The standard InChI is InChI=1S/C15H13ClN2O2/c1-9(19)14(10(2)20)15(12(7-17)8-18)11-3-5-13(16)6-4-11/h3-6,12,14-15H,1-2H3. The molecule has 0 spiro atoms. The molecule has 0 saturated heterocycles. The van der Waals surface area contributed by atoms with E-state index in [1.165, 1.54) is 13.8 Å². The van der Waals surface area contributed by atoms with E-state index >= 15 is 0 Å². The first-order valence-corrected chi connectivity index (χ1v) is 6.35. The summed E-state index contributed by atoms with van der Waals surface area (Å²) < 4.78 is 0. The lowest BCUT2D eigenvalue weighted by molar-refractivity contribution is -0.131. The van der Waals surface area contributed by atoms with Crippen molar-refractivity contribution < 1.29 is 9.59 Å². The van der Waals surface area contributed by atoms with Gasteiger partial charge < -0.3 is 0 Å². The Kier molecular flexibility index (Phi) is 5.43. The number of Topliss-reactive ketones (excluding diaryl/α,β-unsaturated/α-hetero) is 2. The van der Waals surface area contributed by atoms with Crippen molar-refractivity contribution in [2.24, 2.45) is 11.8 Å². The van der Waals surface area contributed by atoms with Crippen LogP contribution in [0.2, 0.25) is 5.02 Å². The number of carbonyl (C=O) groups excluding carboxylic acids is 2. The number of rotatable bonds is 5. The predicted octanol–water partition coefficient (Wildman–Crippen LogP) is 2.88. The largest absolute Gasteiger partial charge is 0.299 e. The van der Waals surface area contributed by atoms with Crippen LogP contribution in [0, 0.1) is 34.5 Å². The lowest BCUT2D eigenvalue weighted by atomic mass is 9.74. The van der Waals surface area contributed by atoms with Gasteiger partial charge in [-0.1, -0.05) is 23.7 Å². The van der Waals surface area contributed by atoms with E-state index in [0.717, 1.165) is 0 Å². The second-order valence-electron chi connectivity index (χ2n) is 4.51. The number of nitrogens with zero attached hydrogens (tertiary/aromatic N) is 2. The molecule has 0 aliphatic rings. The molecule has 20 heavy (non-hydrogen) atoms. The quantitative estimate of drug-likeness (QED) is 0.780. The first-order chi connectivity index (χ1) is 9.42. The first-order valence-electron chi connectivity index (χ1n) is 5.98. The van der Waals surface area contributed by atoms with Crippen molar-refractivity contribution >= 4 is 23.2 Å². The number of carbonyl (C=O) groups is 2. The van der Waals surface area contributed by atoms with Crippen molar-refractivity contribution in [3.05, 3.63) is 34.9 Å². The predicted molar refractivity (Wildman–Crippen MR) is 73.8 cm³/mol. The van der Waals surface area contributed by atoms with Gasteiger partial charge >= 0.3 is 0 Å². The zero-order valence-electron chi connectivity index (χ0n) is 11.1. The summed E-state index contributed by atoms with van der Waals surface area (Å²) in [4.78, 5) is 23.5. The lowest BCUT2D eigenvalue weighted by Gasteiger charge is -2.24. The Morgan fingerprint density at radius 1 is 1.05 bits per heavy atom. The Morgan fingerprint density at radius 3 is 1.85 bits per heavy atom. The molecule has 0 heterocycles. The molecule has 0 aliphatic heterocycles. The third-order valence-corrected chi connectivity index (χ3v) is 3.38. The van der Waals surface area contributed by atoms with Crippen LogP contribution in [0.4, 0.5) is 0 Å². The van der Waals surface area contributed by atoms with E-state index in [2.05, 4.69) is 0 Å². The second-order valence-corrected chi connectivity index (χ2v) is 4.95. The van der Waals surface area contributed by atoms with E-state index in [9.17, 15) is 9.59 Å². The van der Waals surface area contributed by atoms with E-state index in [1.807, 2.05) is 12.1 Å². The van der Waals surface area contributed by atoms with Gasteiger partial charge in [0.15, 0.2) is 0 Å². The first kappa shape index (κ1) is 15.9. The topological polar surface area (TPSA) is 81.7 Å². The van der Waals surface area contributed by atoms with Crippen molar-refractivity contribution in [1.29, 1.82) is 10.5 Å². The maximum atomic E-state index is 11.7. The van der Waals surface area contributed by atoms with Gasteiger partial charge in [-0.2, -0.15) is 10.5 Å². The van der Waals surface area contributed by atoms with Gasteiger partial charge in [0.05, 0.1) is 18.1 Å². The van der Waals surface area contributed by atoms with Crippen molar-refractivity contribution in [1.82, 2.24) is 0 Å². The Bertz CT molecular complexity index is 568. The summed E-state index contributed by atoms with van der Waals surface area (Å²) in [6.45, 7) is 2.58. The molecule has 0 bridgehead atoms. The van der Waals surface area contributed by atoms with Crippen LogP contribution in [0.3, 0.4) is 0 Å². The molecule has 0 radical (unpaired) electrons. The minimum atomic E-state index is -1.08. The molecular weight excluding hydrogens is 276 g/mol. The molecule has 0 N–H and O–H groups in total. The molecule has 0 fully saturated rings. The van der Waals surface area contributed by atoms with Gasteiger partial charge in [-0.15, -0.1) is 0 Å². The van der Waals surface area contributed by atoms with Crippen LogP contribution in [0.15, 0.2) is 24.3 Å². The van der Waals surface area contributed by atoms with Crippen molar-refractivity contribution in [3.8, 4) is 12.1 Å². The van der Waals surface area contributed by atoms with Gasteiger partial charge in [-0.05, 0) is 31.5 Å². The lowest BCUT2D eigenvalue weighted by Crippen LogP contribution is -2.31. The third kappa shape index (κ3) is 3.44. The molecule has 0 amide bonds. The summed E-state index contributed by atoms with van der Waals surface area (Å²) in [6, 6.07) is 10.2. The molecule has 0 aromatic heterocycles. The molecule has 1 aromatic rings. The smallest absolute Gasteiger partial charge is 0.141 e. The normalized spacial score (nSPS) is 11.8. The fourth-order valence-electron chi connectivity index (χ4n) is 2.24. The zero-order chi connectivity index (χ0) is 15.3. The van der Waals surface area contributed by atoms with E-state index < -0.39 is 17.8 Å². The number of hydrogen-bond donors (Lipinski definition) is 0. The van der Waals surface area contributed by atoms with E-state index in [0.29, 0.717) is 10.6 Å². The minimum Gasteiger partial charge on any atom is -0.299 e. The Morgan fingerprint density at radius 2 is 1.50 bits per heavy atom. The van der Waals surface area contributed by atoms with Crippen LogP contribution in [0.1, 0.15) is 25.3 Å². The fraction of sp³-hybridized carbons (Fsp3) is 0.333. The average Bonchev–Trinajstić information content (AvgIpc) is 2.39. The van der Waals surface area contributed by atoms with Crippen LogP contribution in [-0.2, 0) is 9.59 Å². The van der Waals surface area contributed by atoms with Crippen LogP contribution in [0.25, 0.3) is 0 Å². The molecule has 0 aliphatic carbocycles. The van der Waals surface area contributed by atoms with Crippen LogP contribution < -0.4 is 0 Å². The fourth-order valence-corrected chi connectivity index (χ4v) is 2.37. The van der Waals surface area contributed by atoms with Gasteiger partial charge in [-0.3, -0.25) is 9.59 Å². The molecule has 4 nitrogen and oxygen atoms in total. The molecule has 0 saturated carbocycles. The van der Waals surface area contributed by atoms with Crippen LogP contribution >= 0.6 is 11.6 Å². The Labute approximate surface area is 122 Å². The van der Waals surface area contributed by atoms with Crippen molar-refractivity contribution in [2.75, 3.05) is 0 Å². The van der Waals surface area contributed by atoms with Gasteiger partial charge in [0, 0.05) is 10.9 Å². The average molecular weight is 289 g/mol. The van der Waals surface area contributed by atoms with Crippen LogP contribution in [-0.4, -0.2) is 11.6 Å². The number of nitriles is 2. The highest BCUT2D eigenvalue weighted by Gasteiger charge is 2.37. The number of ketones is 2. The second kappa shape index (κ2) is 6.84. The Hall–Kier alpha value is -2.17. The number of hydrogen-bond acceptors (Lipinski definition) is 4. The molecule has 1 aromatic carbocycles. The van der Waals surface area contributed by atoms with Crippen molar-refractivity contribution in [2.45, 2.75) is 19.8 Å². The number of benzene rings is 1. The van der Waals surface area contributed by atoms with E-state index in [-0.39, 0.29) is 11.6 Å². The maximum Gasteiger partial charge on any atom is 0.141 e. The Balaban J connectivity index is 3.39. The molecule has 1 unspecified atom stereocenters. The summed E-state index contributed by atoms with van der Waals surface area (Å²) in [5, 5.41) is 18.7. The SMILES string of the molecule is CC(=O)C(C(C)=O)C(c1ccc(Cl)cc1)C(C#N)C#N. The highest BCUT2D eigenvalue weighted by atomic mass is 35.5. The molecular formula is C15H13ClN2O2. The summed E-state index contributed by atoms with van der Waals surface area (Å²) >= 11 is 5.80. The zero-order valence-corrected chi connectivity index (χ0v) is 11.9. The highest BCUT2D eigenvalue weighted by molar-refractivity contribution is 6.30. The van der Waals surface area contributed by atoms with E-state index in [1.54, 1.807) is 24.3 Å². The molecule has 5 heteroatoms. The summed E-state index contributed by atoms with van der Waals surface area (Å²) in [5.41, 5.74) is 0.581. The minimum absolute atomic E-state index is 0.354. The summed E-state index contributed by atoms with van der Waals surface area (Å²) in [6.07, 6.45) is 0. The van der Waals surface area contributed by atoms with Gasteiger partial charge in [0.2, 0.25) is 0 Å². The van der Waals surface area contributed by atoms with E-state index in [4.69, 9.17) is 22.1 Å². The molecule has 1 rings (SSSR count). The summed E-state index contributed by atoms with van der Waals surface area (Å²) in [7, 11) is 0. The van der Waals surface area contributed by atoms with Crippen LogP contribution in [0.5, 0.6) is 0 Å². The number of halogens is 1. The summed E-state index contributed by atoms with van der Waals surface area (Å²) in [5.74, 6) is -3.56. The molecule has 1 atom stereocenters. The monoisotopic (exact) mass is 288 g/mol. The maximum absolute atomic E-state index is 11.7. The van der Waals surface area contributed by atoms with Gasteiger partial charge in [0.1, 0.15) is 17.5 Å². The molecule has 102 valence electrons. The third-order valence-electron chi connectivity index (χ3n) is 3.13. The van der Waals surface area contributed by atoms with Crippen molar-refractivity contribution in [3.63, 3.8) is 0 Å². The highest BCUT2D eigenvalue weighted by Crippen LogP contribution is 2.34.